The largest absolute Gasteiger partial charge is 0.506 e. The monoisotopic (exact) mass is 376 g/mol. The fraction of sp³-hybridized carbons (Fsp3) is 0.421. The third kappa shape index (κ3) is 4.13. The zero-order valence-electron chi connectivity index (χ0n) is 13.8. The summed E-state index contributed by atoms with van der Waals surface area (Å²) in [6.45, 7) is 2.26. The third-order valence-electron chi connectivity index (χ3n) is 5.03. The normalized spacial score (nSPS) is 26.0. The van der Waals surface area contributed by atoms with Gasteiger partial charge in [-0.25, -0.2) is 9.37 Å². The molecule has 1 aliphatic carbocycles. The van der Waals surface area contributed by atoms with E-state index < -0.39 is 0 Å². The predicted molar refractivity (Wildman–Crippen MR) is 100 cm³/mol. The van der Waals surface area contributed by atoms with Crippen LogP contribution in [0.25, 0.3) is 0 Å². The Morgan fingerprint density at radius 1 is 1.12 bits per heavy atom. The van der Waals surface area contributed by atoms with Gasteiger partial charge in [0.1, 0.15) is 11.6 Å². The Kier molecular flexibility index (Phi) is 5.20. The SMILES string of the molecule is Oc1ccc(SCN2C[C@H]3C[C@H](Sc4ccccc4F)C[C@H]3C2)nc1. The van der Waals surface area contributed by atoms with Gasteiger partial charge in [-0.15, -0.1) is 11.8 Å². The summed E-state index contributed by atoms with van der Waals surface area (Å²) >= 11 is 3.43. The van der Waals surface area contributed by atoms with Gasteiger partial charge in [-0.05, 0) is 48.9 Å². The predicted octanol–water partition coefficient (Wildman–Crippen LogP) is 4.48. The molecule has 6 heteroatoms. The van der Waals surface area contributed by atoms with Gasteiger partial charge in [0.25, 0.3) is 0 Å². The first-order chi connectivity index (χ1) is 12.2. The Morgan fingerprint density at radius 2 is 1.88 bits per heavy atom. The molecule has 0 bridgehead atoms. The van der Waals surface area contributed by atoms with Crippen LogP contribution in [0.1, 0.15) is 12.8 Å². The average molecular weight is 377 g/mol. The van der Waals surface area contributed by atoms with E-state index in [-0.39, 0.29) is 11.6 Å². The van der Waals surface area contributed by atoms with Crippen molar-refractivity contribution < 1.29 is 9.50 Å². The zero-order chi connectivity index (χ0) is 17.2. The van der Waals surface area contributed by atoms with Crippen LogP contribution < -0.4 is 0 Å². The highest BCUT2D eigenvalue weighted by atomic mass is 32.2. The molecule has 4 rings (SSSR count). The number of benzene rings is 1. The molecule has 3 nitrogen and oxygen atoms in total. The van der Waals surface area contributed by atoms with Gasteiger partial charge in [0, 0.05) is 23.2 Å². The number of rotatable bonds is 5. The van der Waals surface area contributed by atoms with E-state index >= 15 is 0 Å². The highest BCUT2D eigenvalue weighted by Gasteiger charge is 2.41. The number of likely N-dealkylation sites (tertiary alicyclic amines) is 1. The van der Waals surface area contributed by atoms with E-state index in [1.807, 2.05) is 18.2 Å². The molecule has 0 unspecified atom stereocenters. The lowest BCUT2D eigenvalue weighted by molar-refractivity contribution is 0.365. The van der Waals surface area contributed by atoms with E-state index in [2.05, 4.69) is 9.88 Å². The first kappa shape index (κ1) is 17.2. The summed E-state index contributed by atoms with van der Waals surface area (Å²) in [5.41, 5.74) is 0. The highest BCUT2D eigenvalue weighted by Crippen LogP contribution is 2.45. The van der Waals surface area contributed by atoms with Crippen molar-refractivity contribution >= 4 is 23.5 Å². The van der Waals surface area contributed by atoms with E-state index in [1.165, 1.54) is 19.0 Å². The number of hydrogen-bond acceptors (Lipinski definition) is 5. The molecule has 2 aliphatic rings. The number of hydrogen-bond donors (Lipinski definition) is 1. The number of aromatic hydroxyl groups is 1. The van der Waals surface area contributed by atoms with Crippen molar-refractivity contribution in [1.29, 1.82) is 0 Å². The minimum atomic E-state index is -0.0935. The number of nitrogens with zero attached hydrogens (tertiary/aromatic N) is 2. The van der Waals surface area contributed by atoms with Crippen LogP contribution in [0.4, 0.5) is 4.39 Å². The summed E-state index contributed by atoms with van der Waals surface area (Å²) in [5, 5.41) is 10.8. The summed E-state index contributed by atoms with van der Waals surface area (Å²) in [6.07, 6.45) is 3.86. The minimum Gasteiger partial charge on any atom is -0.506 e. The maximum Gasteiger partial charge on any atom is 0.136 e. The summed E-state index contributed by atoms with van der Waals surface area (Å²) in [6, 6.07) is 10.6. The van der Waals surface area contributed by atoms with Crippen molar-refractivity contribution in [2.45, 2.75) is 28.0 Å². The molecule has 1 N–H and O–H groups in total. The topological polar surface area (TPSA) is 36.4 Å². The molecule has 0 radical (unpaired) electrons. The number of fused-ring (bicyclic) bond motifs is 1. The molecule has 132 valence electrons. The van der Waals surface area contributed by atoms with Crippen molar-refractivity contribution in [2.24, 2.45) is 11.8 Å². The summed E-state index contributed by atoms with van der Waals surface area (Å²) in [4.78, 5) is 7.51. The molecule has 1 saturated carbocycles. The third-order valence-corrected chi connectivity index (χ3v) is 7.36. The lowest BCUT2D eigenvalue weighted by atomic mass is 10.0. The number of halogens is 1. The molecule has 25 heavy (non-hydrogen) atoms. The van der Waals surface area contributed by atoms with Crippen LogP contribution in [0.3, 0.4) is 0 Å². The second-order valence-electron chi connectivity index (χ2n) is 6.83. The smallest absolute Gasteiger partial charge is 0.136 e. The van der Waals surface area contributed by atoms with Gasteiger partial charge in [-0.1, -0.05) is 23.9 Å². The lowest BCUT2D eigenvalue weighted by Gasteiger charge is -2.18. The van der Waals surface area contributed by atoms with E-state index in [1.54, 1.807) is 41.7 Å². The van der Waals surface area contributed by atoms with Gasteiger partial charge < -0.3 is 5.11 Å². The van der Waals surface area contributed by atoms with Crippen LogP contribution in [-0.2, 0) is 0 Å². The fourth-order valence-corrected chi connectivity index (χ4v) is 6.08. The van der Waals surface area contributed by atoms with Crippen LogP contribution in [0.5, 0.6) is 5.75 Å². The molecule has 1 aromatic heterocycles. The van der Waals surface area contributed by atoms with Gasteiger partial charge >= 0.3 is 0 Å². The van der Waals surface area contributed by atoms with Gasteiger partial charge in [-0.3, -0.25) is 4.90 Å². The molecular formula is C19H21FN2OS2. The number of pyridine rings is 1. The maximum absolute atomic E-state index is 13.8. The summed E-state index contributed by atoms with van der Waals surface area (Å²) in [7, 11) is 0. The van der Waals surface area contributed by atoms with E-state index in [4.69, 9.17) is 0 Å². The fourth-order valence-electron chi connectivity index (χ4n) is 3.88. The second kappa shape index (κ2) is 7.56. The molecule has 1 aliphatic heterocycles. The Labute approximate surface area is 156 Å². The highest BCUT2D eigenvalue weighted by molar-refractivity contribution is 8.00. The van der Waals surface area contributed by atoms with Crippen molar-refractivity contribution in [2.75, 3.05) is 19.0 Å². The van der Waals surface area contributed by atoms with Crippen LogP contribution in [0, 0.1) is 17.7 Å². The van der Waals surface area contributed by atoms with Crippen molar-refractivity contribution in [1.82, 2.24) is 9.88 Å². The Bertz CT molecular complexity index is 714. The van der Waals surface area contributed by atoms with E-state index in [0.717, 1.165) is 40.7 Å². The summed E-state index contributed by atoms with van der Waals surface area (Å²) < 4.78 is 13.8. The number of thioether (sulfide) groups is 2. The van der Waals surface area contributed by atoms with Gasteiger partial charge in [0.15, 0.2) is 0 Å². The molecule has 3 atom stereocenters. The van der Waals surface area contributed by atoms with Crippen molar-refractivity contribution in [3.8, 4) is 5.75 Å². The number of aromatic nitrogens is 1. The standard InChI is InChI=1S/C19H21FN2OS2/c20-17-3-1-2-4-18(17)25-16-7-13-10-22(11-14(13)8-16)12-24-19-6-5-15(23)9-21-19/h1-6,9,13-14,16,23H,7-8,10-12H2/t13-,14+,16+. The second-order valence-corrected chi connectivity index (χ2v) is 9.13. The zero-order valence-corrected chi connectivity index (χ0v) is 15.5. The molecule has 0 amide bonds. The van der Waals surface area contributed by atoms with Gasteiger partial charge in [0.2, 0.25) is 0 Å². The average Bonchev–Trinajstić information content (AvgIpc) is 3.14. The lowest BCUT2D eigenvalue weighted by Crippen LogP contribution is -2.22. The van der Waals surface area contributed by atoms with Crippen LogP contribution >= 0.6 is 23.5 Å². The minimum absolute atomic E-state index is 0.0935. The Balaban J connectivity index is 1.26. The molecule has 2 aromatic rings. The van der Waals surface area contributed by atoms with Crippen LogP contribution in [0.15, 0.2) is 52.5 Å². The molecular weight excluding hydrogens is 355 g/mol. The quantitative estimate of drug-likeness (QED) is 0.779. The maximum atomic E-state index is 13.8. The van der Waals surface area contributed by atoms with Crippen molar-refractivity contribution in [3.05, 3.63) is 48.4 Å². The van der Waals surface area contributed by atoms with Gasteiger partial charge in [0.05, 0.1) is 17.1 Å². The molecule has 2 heterocycles. The van der Waals surface area contributed by atoms with Gasteiger partial charge in [-0.2, -0.15) is 0 Å². The first-order valence-corrected chi connectivity index (χ1v) is 10.5. The first-order valence-electron chi connectivity index (χ1n) is 8.59. The summed E-state index contributed by atoms with van der Waals surface area (Å²) in [5.74, 6) is 2.52. The van der Waals surface area contributed by atoms with Crippen molar-refractivity contribution in [3.63, 3.8) is 0 Å². The van der Waals surface area contributed by atoms with Crippen LogP contribution in [0.2, 0.25) is 0 Å². The molecule has 0 spiro atoms. The van der Waals surface area contributed by atoms with E-state index in [9.17, 15) is 9.50 Å². The molecule has 1 aromatic carbocycles. The Morgan fingerprint density at radius 3 is 2.56 bits per heavy atom. The molecule has 1 saturated heterocycles. The Hall–Kier alpha value is -1.24. The van der Waals surface area contributed by atoms with Crippen LogP contribution in [-0.4, -0.2) is 39.2 Å². The molecule has 2 fully saturated rings. The van der Waals surface area contributed by atoms with E-state index in [0.29, 0.717) is 5.25 Å².